The third kappa shape index (κ3) is 3.88. The number of ether oxygens (including phenoxy) is 2. The summed E-state index contributed by atoms with van der Waals surface area (Å²) in [5, 5.41) is 11.2. The van der Waals surface area contributed by atoms with Crippen LogP contribution in [0.25, 0.3) is 0 Å². The summed E-state index contributed by atoms with van der Waals surface area (Å²) in [6, 6.07) is 9.07. The second kappa shape index (κ2) is 8.32. The molecule has 1 N–H and O–H groups in total. The van der Waals surface area contributed by atoms with Gasteiger partial charge in [-0.2, -0.15) is 0 Å². The fourth-order valence-corrected chi connectivity index (χ4v) is 4.38. The van der Waals surface area contributed by atoms with Crippen LogP contribution in [-0.2, 0) is 10.5 Å². The van der Waals surface area contributed by atoms with Crippen molar-refractivity contribution in [3.05, 3.63) is 63.4 Å². The fraction of sp³-hybridized carbons (Fsp3) is 0.381. The summed E-state index contributed by atoms with van der Waals surface area (Å²) in [6.07, 6.45) is 0. The topological polar surface area (TPSA) is 62.2 Å². The molecule has 0 radical (unpaired) electrons. The summed E-state index contributed by atoms with van der Waals surface area (Å²) in [7, 11) is 1.50. The van der Waals surface area contributed by atoms with Gasteiger partial charge in [0.05, 0.1) is 41.9 Å². The number of hydrogen-bond donors (Lipinski definition) is 1. The Hall–Kier alpha value is -1.90. The maximum absolute atomic E-state index is 13.5. The van der Waals surface area contributed by atoms with Crippen LogP contribution < -0.4 is 4.74 Å². The largest absolute Gasteiger partial charge is 0.495 e. The molecular formula is C21H21Cl2FN2O4. The normalized spacial score (nSPS) is 24.4. The molecular weight excluding hydrogens is 434 g/mol. The highest BCUT2D eigenvalue weighted by atomic mass is 35.5. The second-order valence-corrected chi connectivity index (χ2v) is 8.21. The Morgan fingerprint density at radius 1 is 1.30 bits per heavy atom. The van der Waals surface area contributed by atoms with E-state index in [1.165, 1.54) is 25.3 Å². The lowest BCUT2D eigenvalue weighted by molar-refractivity contribution is -0.265. The first kappa shape index (κ1) is 21.3. The van der Waals surface area contributed by atoms with Crippen molar-refractivity contribution in [1.29, 1.82) is 0 Å². The lowest BCUT2D eigenvalue weighted by atomic mass is 10.00. The van der Waals surface area contributed by atoms with E-state index >= 15 is 0 Å². The Labute approximate surface area is 183 Å². The van der Waals surface area contributed by atoms with E-state index < -0.39 is 11.6 Å². The first-order valence-corrected chi connectivity index (χ1v) is 10.3. The number of methoxy groups -OCH3 is 1. The molecule has 2 aromatic carbocycles. The van der Waals surface area contributed by atoms with Crippen LogP contribution in [0.2, 0.25) is 10.0 Å². The van der Waals surface area contributed by atoms with E-state index in [0.29, 0.717) is 36.5 Å². The molecule has 2 fully saturated rings. The van der Waals surface area contributed by atoms with Crippen LogP contribution in [0.4, 0.5) is 4.39 Å². The predicted molar refractivity (Wildman–Crippen MR) is 111 cm³/mol. The van der Waals surface area contributed by atoms with Gasteiger partial charge in [-0.15, -0.1) is 0 Å². The lowest BCUT2D eigenvalue weighted by Crippen LogP contribution is -2.63. The number of fused-ring (bicyclic) bond motifs is 1. The number of nitrogens with zero attached hydrogens (tertiary/aromatic N) is 2. The van der Waals surface area contributed by atoms with E-state index in [0.717, 1.165) is 0 Å². The van der Waals surface area contributed by atoms with Gasteiger partial charge in [-0.05, 0) is 24.3 Å². The zero-order chi connectivity index (χ0) is 21.5. The van der Waals surface area contributed by atoms with Crippen molar-refractivity contribution in [2.45, 2.75) is 11.8 Å². The maximum Gasteiger partial charge on any atom is 0.255 e. The first-order valence-electron chi connectivity index (χ1n) is 9.50. The lowest BCUT2D eigenvalue weighted by Gasteiger charge is -2.48. The highest BCUT2D eigenvalue weighted by Gasteiger charge is 2.43. The van der Waals surface area contributed by atoms with Crippen LogP contribution in [0.15, 0.2) is 36.4 Å². The Morgan fingerprint density at radius 3 is 2.83 bits per heavy atom. The number of amides is 1. The van der Waals surface area contributed by atoms with Crippen LogP contribution in [0.5, 0.6) is 5.75 Å². The zero-order valence-electron chi connectivity index (χ0n) is 16.3. The number of aliphatic hydroxyl groups is 1. The molecule has 9 heteroatoms. The smallest absolute Gasteiger partial charge is 0.255 e. The summed E-state index contributed by atoms with van der Waals surface area (Å²) in [4.78, 5) is 16.8. The van der Waals surface area contributed by atoms with Crippen molar-refractivity contribution in [2.75, 3.05) is 39.9 Å². The number of carbonyl (C=O) groups excluding carboxylic acids is 1. The van der Waals surface area contributed by atoms with Gasteiger partial charge in [0.15, 0.2) is 0 Å². The second-order valence-electron chi connectivity index (χ2n) is 7.42. The van der Waals surface area contributed by atoms with Crippen molar-refractivity contribution in [1.82, 2.24) is 9.80 Å². The van der Waals surface area contributed by atoms with E-state index in [4.69, 9.17) is 32.7 Å². The standard InChI is InChI=1S/C21H21Cl2FN2O4/c1-29-18-4-2-3-15(19(18)23)20(27)25-7-8-26-12-21(28,30-11-14(26)10-25)13-5-6-17(24)16(22)9-13/h2-6,9,14,28H,7-8,10-12H2,1H3/t14-,21-/m1/s1. The Balaban J connectivity index is 1.47. The highest BCUT2D eigenvalue weighted by Crippen LogP contribution is 2.34. The zero-order valence-corrected chi connectivity index (χ0v) is 17.8. The number of rotatable bonds is 3. The van der Waals surface area contributed by atoms with Crippen molar-refractivity contribution in [3.8, 4) is 5.75 Å². The molecule has 2 atom stereocenters. The maximum atomic E-state index is 13.5. The SMILES string of the molecule is COc1cccc(C(=O)N2CCN3C[C@](O)(c4ccc(F)c(Cl)c4)OC[C@H]3C2)c1Cl. The molecule has 0 unspecified atom stereocenters. The molecule has 2 saturated heterocycles. The summed E-state index contributed by atoms with van der Waals surface area (Å²) in [6.45, 7) is 1.87. The third-order valence-electron chi connectivity index (χ3n) is 5.61. The monoisotopic (exact) mass is 454 g/mol. The van der Waals surface area contributed by atoms with E-state index in [-0.39, 0.29) is 35.1 Å². The molecule has 1 amide bonds. The molecule has 4 rings (SSSR count). The number of carbonyl (C=O) groups is 1. The summed E-state index contributed by atoms with van der Waals surface area (Å²) < 4.78 is 24.4. The summed E-state index contributed by atoms with van der Waals surface area (Å²) in [5.74, 6) is -1.87. The Kier molecular flexibility index (Phi) is 5.92. The molecule has 0 saturated carbocycles. The predicted octanol–water partition coefficient (Wildman–Crippen LogP) is 3.14. The molecule has 30 heavy (non-hydrogen) atoms. The fourth-order valence-electron chi connectivity index (χ4n) is 3.92. The van der Waals surface area contributed by atoms with Crippen LogP contribution in [0, 0.1) is 5.82 Å². The molecule has 160 valence electrons. The number of piperazine rings is 1. The molecule has 0 aliphatic carbocycles. The molecule has 2 aliphatic rings. The van der Waals surface area contributed by atoms with Crippen LogP contribution in [0.1, 0.15) is 15.9 Å². The number of halogens is 3. The van der Waals surface area contributed by atoms with Crippen LogP contribution in [0.3, 0.4) is 0 Å². The molecule has 0 aromatic heterocycles. The summed E-state index contributed by atoms with van der Waals surface area (Å²) in [5.41, 5.74) is 0.785. The van der Waals surface area contributed by atoms with Crippen LogP contribution in [-0.4, -0.2) is 66.8 Å². The van der Waals surface area contributed by atoms with Crippen molar-refractivity contribution >= 4 is 29.1 Å². The van der Waals surface area contributed by atoms with Gasteiger partial charge >= 0.3 is 0 Å². The summed E-state index contributed by atoms with van der Waals surface area (Å²) >= 11 is 12.2. The quantitative estimate of drug-likeness (QED) is 0.771. The van der Waals surface area contributed by atoms with Gasteiger partial charge in [0.1, 0.15) is 11.6 Å². The van der Waals surface area contributed by atoms with Gasteiger partial charge < -0.3 is 19.5 Å². The minimum absolute atomic E-state index is 0.0720. The van der Waals surface area contributed by atoms with E-state index in [1.807, 2.05) is 0 Å². The van der Waals surface area contributed by atoms with E-state index in [1.54, 1.807) is 23.1 Å². The van der Waals surface area contributed by atoms with Gasteiger partial charge in [-0.25, -0.2) is 4.39 Å². The number of benzene rings is 2. The molecule has 0 spiro atoms. The van der Waals surface area contributed by atoms with Crippen molar-refractivity contribution in [3.63, 3.8) is 0 Å². The molecule has 0 bridgehead atoms. The third-order valence-corrected chi connectivity index (χ3v) is 6.29. The Bertz CT molecular complexity index is 976. The van der Waals surface area contributed by atoms with Gasteiger partial charge in [0.25, 0.3) is 5.91 Å². The molecule has 6 nitrogen and oxygen atoms in total. The van der Waals surface area contributed by atoms with Gasteiger partial charge in [-0.3, -0.25) is 9.69 Å². The highest BCUT2D eigenvalue weighted by molar-refractivity contribution is 6.35. The molecule has 2 heterocycles. The van der Waals surface area contributed by atoms with Crippen molar-refractivity contribution in [2.24, 2.45) is 0 Å². The van der Waals surface area contributed by atoms with Gasteiger partial charge in [-0.1, -0.05) is 35.3 Å². The average molecular weight is 455 g/mol. The minimum Gasteiger partial charge on any atom is -0.495 e. The van der Waals surface area contributed by atoms with E-state index in [2.05, 4.69) is 4.90 Å². The van der Waals surface area contributed by atoms with Gasteiger partial charge in [0, 0.05) is 25.2 Å². The van der Waals surface area contributed by atoms with Crippen molar-refractivity contribution < 1.29 is 23.8 Å². The van der Waals surface area contributed by atoms with E-state index in [9.17, 15) is 14.3 Å². The minimum atomic E-state index is -1.59. The van der Waals surface area contributed by atoms with Gasteiger partial charge in [0.2, 0.25) is 5.79 Å². The Morgan fingerprint density at radius 2 is 2.10 bits per heavy atom. The van der Waals surface area contributed by atoms with Crippen LogP contribution >= 0.6 is 23.2 Å². The first-order chi connectivity index (χ1) is 14.3. The number of hydrogen-bond acceptors (Lipinski definition) is 5. The average Bonchev–Trinajstić information content (AvgIpc) is 2.75. The number of morpholine rings is 1. The molecule has 2 aliphatic heterocycles. The molecule has 2 aromatic rings.